The number of benzene rings is 1. The fraction of sp³-hybridized carbons (Fsp3) is 0.381. The van der Waals surface area contributed by atoms with Gasteiger partial charge in [-0.3, -0.25) is 14.2 Å². The van der Waals surface area contributed by atoms with Crippen molar-refractivity contribution < 1.29 is 14.3 Å². The van der Waals surface area contributed by atoms with Gasteiger partial charge in [0.25, 0.3) is 5.56 Å². The monoisotopic (exact) mass is 400 g/mol. The highest BCUT2D eigenvalue weighted by atomic mass is 32.1. The maximum Gasteiger partial charge on any atom is 0.305 e. The van der Waals surface area contributed by atoms with Crippen LogP contribution in [-0.2, 0) is 16.1 Å². The molecule has 1 aromatic carbocycles. The molecule has 0 bridgehead atoms. The van der Waals surface area contributed by atoms with Crippen molar-refractivity contribution in [3.63, 3.8) is 0 Å². The van der Waals surface area contributed by atoms with E-state index in [9.17, 15) is 9.59 Å². The van der Waals surface area contributed by atoms with Crippen LogP contribution in [0.15, 0.2) is 34.4 Å². The molecule has 0 unspecified atom stereocenters. The smallest absolute Gasteiger partial charge is 0.305 e. The molecule has 0 radical (unpaired) electrons. The van der Waals surface area contributed by atoms with Gasteiger partial charge in [0, 0.05) is 29.8 Å². The van der Waals surface area contributed by atoms with E-state index in [1.807, 2.05) is 43.5 Å². The topological polar surface area (TPSA) is 70.4 Å². The molecule has 0 saturated carbocycles. The average Bonchev–Trinajstić information content (AvgIpc) is 3.13. The maximum absolute atomic E-state index is 13.4. The molecule has 0 aliphatic rings. The minimum atomic E-state index is -0.277. The second-order valence-corrected chi connectivity index (χ2v) is 7.68. The van der Waals surface area contributed by atoms with Crippen LogP contribution in [0, 0.1) is 0 Å². The predicted molar refractivity (Wildman–Crippen MR) is 111 cm³/mol. The lowest BCUT2D eigenvalue weighted by Crippen LogP contribution is -2.26. The lowest BCUT2D eigenvalue weighted by Gasteiger charge is -2.15. The fourth-order valence-electron chi connectivity index (χ4n) is 3.18. The number of methoxy groups -OCH3 is 2. The highest BCUT2D eigenvalue weighted by Crippen LogP contribution is 2.33. The molecule has 0 spiro atoms. The number of esters is 1. The van der Waals surface area contributed by atoms with Gasteiger partial charge in [-0.05, 0) is 24.1 Å². The van der Waals surface area contributed by atoms with Gasteiger partial charge < -0.3 is 9.47 Å². The van der Waals surface area contributed by atoms with E-state index in [0.29, 0.717) is 18.4 Å². The Hall–Kier alpha value is -2.67. The summed E-state index contributed by atoms with van der Waals surface area (Å²) in [5.41, 5.74) is 1.70. The number of carbonyl (C=O) groups excluding carboxylic acids is 1. The number of hydrogen-bond donors (Lipinski definition) is 0. The Kier molecular flexibility index (Phi) is 6.14. The molecule has 0 saturated heterocycles. The lowest BCUT2D eigenvalue weighted by atomic mass is 10.1. The van der Waals surface area contributed by atoms with Gasteiger partial charge in [-0.15, -0.1) is 11.3 Å². The van der Waals surface area contributed by atoms with Gasteiger partial charge in [-0.25, -0.2) is 4.98 Å². The van der Waals surface area contributed by atoms with Crippen LogP contribution in [0.5, 0.6) is 5.75 Å². The van der Waals surface area contributed by atoms with E-state index in [-0.39, 0.29) is 23.9 Å². The van der Waals surface area contributed by atoms with E-state index in [1.54, 1.807) is 11.7 Å². The summed E-state index contributed by atoms with van der Waals surface area (Å²) in [6.45, 7) is 4.46. The summed E-state index contributed by atoms with van der Waals surface area (Å²) in [7, 11) is 2.99. The van der Waals surface area contributed by atoms with E-state index < -0.39 is 0 Å². The zero-order chi connectivity index (χ0) is 20.3. The molecular formula is C21H24N2O4S. The SMILES string of the molecule is COC(=O)CCCn1c(C(C)C)nc2scc(-c3cccc(OC)c3)c2c1=O. The molecule has 0 atom stereocenters. The fourth-order valence-corrected chi connectivity index (χ4v) is 4.13. The zero-order valence-electron chi connectivity index (χ0n) is 16.5. The van der Waals surface area contributed by atoms with Gasteiger partial charge in [0.1, 0.15) is 16.4 Å². The van der Waals surface area contributed by atoms with Crippen molar-refractivity contribution in [2.75, 3.05) is 14.2 Å². The largest absolute Gasteiger partial charge is 0.497 e. The third kappa shape index (κ3) is 3.94. The van der Waals surface area contributed by atoms with Crippen LogP contribution in [0.25, 0.3) is 21.3 Å². The minimum absolute atomic E-state index is 0.0716. The molecule has 28 heavy (non-hydrogen) atoms. The third-order valence-electron chi connectivity index (χ3n) is 4.61. The Labute approximate surface area is 167 Å². The molecule has 0 fully saturated rings. The van der Waals surface area contributed by atoms with Crippen LogP contribution in [0.4, 0.5) is 0 Å². The van der Waals surface area contributed by atoms with Crippen molar-refractivity contribution in [3.8, 4) is 16.9 Å². The first-order valence-electron chi connectivity index (χ1n) is 9.19. The van der Waals surface area contributed by atoms with Crippen molar-refractivity contribution in [1.29, 1.82) is 0 Å². The Morgan fingerprint density at radius 1 is 1.29 bits per heavy atom. The molecular weight excluding hydrogens is 376 g/mol. The summed E-state index contributed by atoms with van der Waals surface area (Å²) in [6.07, 6.45) is 0.795. The van der Waals surface area contributed by atoms with Crippen molar-refractivity contribution in [1.82, 2.24) is 9.55 Å². The number of carbonyl (C=O) groups is 1. The number of hydrogen-bond acceptors (Lipinski definition) is 6. The number of thiophene rings is 1. The Bertz CT molecular complexity index is 1050. The van der Waals surface area contributed by atoms with Gasteiger partial charge in [-0.2, -0.15) is 0 Å². The van der Waals surface area contributed by atoms with Crippen LogP contribution in [0.3, 0.4) is 0 Å². The van der Waals surface area contributed by atoms with Gasteiger partial charge >= 0.3 is 5.97 Å². The molecule has 148 valence electrons. The summed E-state index contributed by atoms with van der Waals surface area (Å²) >= 11 is 1.47. The molecule has 7 heteroatoms. The van der Waals surface area contributed by atoms with E-state index >= 15 is 0 Å². The third-order valence-corrected chi connectivity index (χ3v) is 5.48. The summed E-state index contributed by atoms with van der Waals surface area (Å²) in [5, 5.41) is 2.58. The Balaban J connectivity index is 2.10. The lowest BCUT2D eigenvalue weighted by molar-refractivity contribution is -0.140. The van der Waals surface area contributed by atoms with E-state index in [4.69, 9.17) is 14.5 Å². The van der Waals surface area contributed by atoms with Crippen molar-refractivity contribution >= 4 is 27.5 Å². The van der Waals surface area contributed by atoms with Gasteiger partial charge in [-0.1, -0.05) is 26.0 Å². The first-order valence-corrected chi connectivity index (χ1v) is 10.1. The zero-order valence-corrected chi connectivity index (χ0v) is 17.3. The number of aromatic nitrogens is 2. The van der Waals surface area contributed by atoms with E-state index in [0.717, 1.165) is 27.5 Å². The number of rotatable bonds is 7. The van der Waals surface area contributed by atoms with Crippen molar-refractivity contribution in [2.45, 2.75) is 39.2 Å². The van der Waals surface area contributed by atoms with Crippen LogP contribution in [-0.4, -0.2) is 29.7 Å². The molecule has 3 rings (SSSR count). The summed E-state index contributed by atoms with van der Waals surface area (Å²) in [5.74, 6) is 1.29. The average molecular weight is 401 g/mol. The molecule has 0 aliphatic carbocycles. The molecule has 3 aromatic rings. The van der Waals surface area contributed by atoms with Crippen LogP contribution in [0.1, 0.15) is 38.4 Å². The van der Waals surface area contributed by atoms with E-state index in [1.165, 1.54) is 18.4 Å². The summed E-state index contributed by atoms with van der Waals surface area (Å²) < 4.78 is 11.7. The van der Waals surface area contributed by atoms with Crippen molar-refractivity contribution in [2.24, 2.45) is 0 Å². The first kappa shape index (κ1) is 20.1. The molecule has 0 aliphatic heterocycles. The standard InChI is InChI=1S/C21H24N2O4S/c1-13(2)19-22-20-18(21(25)23(19)10-6-9-17(24)27-4)16(12-28-20)14-7-5-8-15(11-14)26-3/h5,7-8,11-13H,6,9-10H2,1-4H3. The van der Waals surface area contributed by atoms with Gasteiger partial charge in [0.05, 0.1) is 19.6 Å². The van der Waals surface area contributed by atoms with Crippen LogP contribution < -0.4 is 10.3 Å². The molecule has 0 amide bonds. The molecule has 2 aromatic heterocycles. The number of nitrogens with zero attached hydrogens (tertiary/aromatic N) is 2. The summed E-state index contributed by atoms with van der Waals surface area (Å²) in [6, 6.07) is 7.65. The summed E-state index contributed by atoms with van der Waals surface area (Å²) in [4.78, 5) is 30.3. The molecule has 0 N–H and O–H groups in total. The highest BCUT2D eigenvalue weighted by Gasteiger charge is 2.19. The van der Waals surface area contributed by atoms with E-state index in [2.05, 4.69) is 0 Å². The van der Waals surface area contributed by atoms with Crippen LogP contribution >= 0.6 is 11.3 Å². The molecule has 6 nitrogen and oxygen atoms in total. The number of ether oxygens (including phenoxy) is 2. The number of fused-ring (bicyclic) bond motifs is 1. The second kappa shape index (κ2) is 8.56. The van der Waals surface area contributed by atoms with Crippen LogP contribution in [0.2, 0.25) is 0 Å². The Morgan fingerprint density at radius 3 is 2.75 bits per heavy atom. The molecule has 2 heterocycles. The van der Waals surface area contributed by atoms with Crippen molar-refractivity contribution in [3.05, 3.63) is 45.8 Å². The Morgan fingerprint density at radius 2 is 2.07 bits per heavy atom. The quantitative estimate of drug-likeness (QED) is 0.556. The van der Waals surface area contributed by atoms with Gasteiger partial charge in [0.2, 0.25) is 0 Å². The minimum Gasteiger partial charge on any atom is -0.497 e. The normalized spacial score (nSPS) is 11.2. The maximum atomic E-state index is 13.4. The predicted octanol–water partition coefficient (Wildman–Crippen LogP) is 4.21. The highest BCUT2D eigenvalue weighted by molar-refractivity contribution is 7.17. The van der Waals surface area contributed by atoms with Gasteiger partial charge in [0.15, 0.2) is 0 Å². The first-order chi connectivity index (χ1) is 13.5. The second-order valence-electron chi connectivity index (χ2n) is 6.82.